The molecule has 34 heavy (non-hydrogen) atoms. The molecule has 0 atom stereocenters. The molecule has 2 heterocycles. The van der Waals surface area contributed by atoms with E-state index in [4.69, 9.17) is 16.1 Å². The van der Waals surface area contributed by atoms with Crippen molar-refractivity contribution in [1.82, 2.24) is 18.7 Å². The first-order valence-electron chi connectivity index (χ1n) is 11.5. The van der Waals surface area contributed by atoms with Gasteiger partial charge in [-0.3, -0.25) is 19.3 Å². The summed E-state index contributed by atoms with van der Waals surface area (Å²) in [5.41, 5.74) is 8.70. The van der Waals surface area contributed by atoms with Crippen molar-refractivity contribution in [1.29, 1.82) is 5.41 Å². The van der Waals surface area contributed by atoms with E-state index in [9.17, 15) is 14.7 Å². The number of hydrogen-bond donors (Lipinski definition) is 3. The molecule has 0 aliphatic heterocycles. The SMILES string of the molecule is CC.CC(C)CCn1c(Cn2c(=O)n(CC(=O)O)c3ccccc32)nc2cc(C(=N)N)ccc21. The number of carboxylic acid groups (broad SMARTS) is 1. The lowest BCUT2D eigenvalue weighted by Crippen LogP contribution is -2.28. The molecule has 0 unspecified atom stereocenters. The quantitative estimate of drug-likeness (QED) is 0.270. The van der Waals surface area contributed by atoms with Crippen molar-refractivity contribution in [3.8, 4) is 0 Å². The number of nitrogen functional groups attached to an aromatic ring is 1. The number of nitrogens with two attached hydrogens (primary N) is 1. The van der Waals surface area contributed by atoms with Gasteiger partial charge in [0.05, 0.1) is 28.6 Å². The third kappa shape index (κ3) is 4.88. The molecule has 2 aromatic carbocycles. The minimum atomic E-state index is -1.07. The molecule has 0 radical (unpaired) electrons. The highest BCUT2D eigenvalue weighted by Gasteiger charge is 2.19. The molecule has 2 aromatic heterocycles. The number of aliphatic carboxylic acids is 1. The van der Waals surface area contributed by atoms with Gasteiger partial charge in [0.2, 0.25) is 0 Å². The van der Waals surface area contributed by atoms with Crippen molar-refractivity contribution >= 4 is 33.9 Å². The first kappa shape index (κ1) is 24.8. The zero-order chi connectivity index (χ0) is 25.0. The van der Waals surface area contributed by atoms with Crippen molar-refractivity contribution < 1.29 is 9.90 Å². The fraction of sp³-hybridized carbons (Fsp3) is 0.360. The Morgan fingerprint density at radius 2 is 1.71 bits per heavy atom. The Labute approximate surface area is 198 Å². The largest absolute Gasteiger partial charge is 0.480 e. The molecule has 0 bridgehead atoms. The Hall–Kier alpha value is -3.88. The maximum absolute atomic E-state index is 13.1. The zero-order valence-corrected chi connectivity index (χ0v) is 20.1. The molecule has 0 spiro atoms. The van der Waals surface area contributed by atoms with E-state index in [1.54, 1.807) is 28.8 Å². The molecule has 0 saturated carbocycles. The van der Waals surface area contributed by atoms with Gasteiger partial charge in [-0.25, -0.2) is 9.78 Å². The maximum atomic E-state index is 13.1. The number of amidine groups is 1. The minimum Gasteiger partial charge on any atom is -0.480 e. The van der Waals surface area contributed by atoms with Gasteiger partial charge in [0.25, 0.3) is 0 Å². The van der Waals surface area contributed by atoms with Gasteiger partial charge in [-0.05, 0) is 42.7 Å². The number of para-hydroxylation sites is 2. The van der Waals surface area contributed by atoms with Crippen LogP contribution in [0.4, 0.5) is 0 Å². The average Bonchev–Trinajstić information content (AvgIpc) is 3.28. The number of imidazole rings is 2. The van der Waals surface area contributed by atoms with E-state index in [2.05, 4.69) is 18.4 Å². The summed E-state index contributed by atoms with van der Waals surface area (Å²) in [7, 11) is 0. The number of nitrogens with zero attached hydrogens (tertiary/aromatic N) is 4. The molecule has 0 aliphatic rings. The van der Waals surface area contributed by atoms with Gasteiger partial charge in [-0.2, -0.15) is 0 Å². The van der Waals surface area contributed by atoms with Crippen LogP contribution >= 0.6 is 0 Å². The van der Waals surface area contributed by atoms with Crippen LogP contribution in [-0.4, -0.2) is 35.6 Å². The lowest BCUT2D eigenvalue weighted by atomic mass is 10.1. The monoisotopic (exact) mass is 464 g/mol. The smallest absolute Gasteiger partial charge is 0.330 e. The van der Waals surface area contributed by atoms with Crippen molar-refractivity contribution in [3.05, 3.63) is 64.3 Å². The lowest BCUT2D eigenvalue weighted by Gasteiger charge is -2.12. The Kier molecular flexibility index (Phi) is 7.55. The molecule has 4 aromatic rings. The van der Waals surface area contributed by atoms with E-state index in [1.165, 1.54) is 4.57 Å². The Morgan fingerprint density at radius 3 is 2.29 bits per heavy atom. The first-order valence-corrected chi connectivity index (χ1v) is 11.5. The van der Waals surface area contributed by atoms with E-state index >= 15 is 0 Å². The highest BCUT2D eigenvalue weighted by Crippen LogP contribution is 2.22. The van der Waals surface area contributed by atoms with Crippen LogP contribution in [-0.2, 0) is 24.4 Å². The van der Waals surface area contributed by atoms with Crippen LogP contribution in [0.1, 0.15) is 45.5 Å². The van der Waals surface area contributed by atoms with Crippen molar-refractivity contribution in [2.45, 2.75) is 53.8 Å². The summed E-state index contributed by atoms with van der Waals surface area (Å²) < 4.78 is 4.93. The summed E-state index contributed by atoms with van der Waals surface area (Å²) in [6.07, 6.45) is 0.933. The summed E-state index contributed by atoms with van der Waals surface area (Å²) in [4.78, 5) is 29.2. The molecular formula is C25H32N6O3. The highest BCUT2D eigenvalue weighted by molar-refractivity contribution is 5.98. The van der Waals surface area contributed by atoms with Crippen molar-refractivity contribution in [2.24, 2.45) is 11.7 Å². The standard InChI is InChI=1S/C23H26N6O3.C2H6/c1-14(2)9-10-27-17-8-7-15(22(24)25)11-16(17)26-20(27)12-28-18-5-3-4-6-19(18)29(23(28)32)13-21(30)31;1-2/h3-8,11,14H,9-10,12-13H2,1-2H3,(H3,24,25)(H,30,31);1-2H3. The van der Waals surface area contributed by atoms with Crippen LogP contribution in [0.15, 0.2) is 47.3 Å². The molecule has 4 rings (SSSR count). The summed E-state index contributed by atoms with van der Waals surface area (Å²) in [6.45, 7) is 8.82. The number of benzene rings is 2. The summed E-state index contributed by atoms with van der Waals surface area (Å²) >= 11 is 0. The van der Waals surface area contributed by atoms with Gasteiger partial charge >= 0.3 is 11.7 Å². The van der Waals surface area contributed by atoms with E-state index in [1.807, 2.05) is 32.0 Å². The molecule has 9 nitrogen and oxygen atoms in total. The predicted octanol–water partition coefficient (Wildman–Crippen LogP) is 3.64. The van der Waals surface area contributed by atoms with Crippen LogP contribution in [0.2, 0.25) is 0 Å². The van der Waals surface area contributed by atoms with Gasteiger partial charge in [-0.15, -0.1) is 0 Å². The van der Waals surface area contributed by atoms with Gasteiger partial charge < -0.3 is 15.4 Å². The molecule has 9 heteroatoms. The number of rotatable bonds is 8. The molecule has 4 N–H and O–H groups in total. The van der Waals surface area contributed by atoms with Crippen LogP contribution in [0, 0.1) is 11.3 Å². The Bertz CT molecular complexity index is 1390. The minimum absolute atomic E-state index is 0.0295. The lowest BCUT2D eigenvalue weighted by molar-refractivity contribution is -0.137. The summed E-state index contributed by atoms with van der Waals surface area (Å²) in [5, 5.41) is 17.0. The molecule has 0 saturated heterocycles. The fourth-order valence-electron chi connectivity index (χ4n) is 3.96. The van der Waals surface area contributed by atoms with Crippen LogP contribution < -0.4 is 11.4 Å². The second-order valence-electron chi connectivity index (χ2n) is 8.32. The second-order valence-corrected chi connectivity index (χ2v) is 8.32. The molecule has 0 aliphatic carbocycles. The Morgan fingerprint density at radius 1 is 1.06 bits per heavy atom. The van der Waals surface area contributed by atoms with Crippen molar-refractivity contribution in [3.63, 3.8) is 0 Å². The second kappa shape index (κ2) is 10.4. The van der Waals surface area contributed by atoms with E-state index < -0.39 is 12.5 Å². The van der Waals surface area contributed by atoms with Crippen LogP contribution in [0.3, 0.4) is 0 Å². The van der Waals surface area contributed by atoms with Crippen molar-refractivity contribution in [2.75, 3.05) is 0 Å². The summed E-state index contributed by atoms with van der Waals surface area (Å²) in [6, 6.07) is 12.6. The average molecular weight is 465 g/mol. The number of carboxylic acids is 1. The molecule has 0 amide bonds. The topological polar surface area (TPSA) is 132 Å². The number of carbonyl (C=O) groups is 1. The van der Waals surface area contributed by atoms with Gasteiger partial charge in [0, 0.05) is 12.1 Å². The molecular weight excluding hydrogens is 432 g/mol. The Balaban J connectivity index is 0.00000158. The third-order valence-corrected chi connectivity index (χ3v) is 5.59. The van der Waals surface area contributed by atoms with E-state index in [0.717, 1.165) is 18.5 Å². The predicted molar refractivity (Wildman–Crippen MR) is 134 cm³/mol. The van der Waals surface area contributed by atoms with Gasteiger partial charge in [0.15, 0.2) is 0 Å². The molecule has 180 valence electrons. The zero-order valence-electron chi connectivity index (χ0n) is 20.1. The van der Waals surface area contributed by atoms with Crippen LogP contribution in [0.5, 0.6) is 0 Å². The first-order chi connectivity index (χ1) is 16.3. The van der Waals surface area contributed by atoms with Gasteiger partial charge in [-0.1, -0.05) is 39.8 Å². The van der Waals surface area contributed by atoms with E-state index in [0.29, 0.717) is 33.9 Å². The normalized spacial score (nSPS) is 11.1. The molecule has 0 fully saturated rings. The number of hydrogen-bond acceptors (Lipinski definition) is 4. The number of aryl methyl sites for hydroxylation is 1. The van der Waals surface area contributed by atoms with Gasteiger partial charge in [0.1, 0.15) is 18.2 Å². The number of aromatic nitrogens is 4. The fourth-order valence-corrected chi connectivity index (χ4v) is 3.96. The number of fused-ring (bicyclic) bond motifs is 2. The highest BCUT2D eigenvalue weighted by atomic mass is 16.4. The summed E-state index contributed by atoms with van der Waals surface area (Å²) in [5.74, 6) is 0.0766. The number of nitrogens with one attached hydrogen (secondary N) is 1. The van der Waals surface area contributed by atoms with Crippen LogP contribution in [0.25, 0.3) is 22.1 Å². The van der Waals surface area contributed by atoms with E-state index in [-0.39, 0.29) is 18.1 Å². The maximum Gasteiger partial charge on any atom is 0.330 e. The third-order valence-electron chi connectivity index (χ3n) is 5.59.